The van der Waals surface area contributed by atoms with Crippen LogP contribution in [0.4, 0.5) is 0 Å². The lowest BCUT2D eigenvalue weighted by molar-refractivity contribution is 0.0950. The molecule has 0 radical (unpaired) electrons. The number of aromatic amines is 1. The molecule has 0 saturated carbocycles. The van der Waals surface area contributed by atoms with Gasteiger partial charge in [0.2, 0.25) is 0 Å². The summed E-state index contributed by atoms with van der Waals surface area (Å²) in [6.07, 6.45) is 2.53. The van der Waals surface area contributed by atoms with Crippen LogP contribution in [0.5, 0.6) is 5.75 Å². The highest BCUT2D eigenvalue weighted by Crippen LogP contribution is 2.28. The van der Waals surface area contributed by atoms with Crippen molar-refractivity contribution in [2.45, 2.75) is 13.3 Å². The predicted molar refractivity (Wildman–Crippen MR) is 99.2 cm³/mol. The number of carbonyl (C=O) groups excluding carboxylic acids is 1. The summed E-state index contributed by atoms with van der Waals surface area (Å²) in [7, 11) is 0. The Bertz CT molecular complexity index is 856. The molecule has 3 aromatic rings. The number of nitrogens with one attached hydrogen (secondary N) is 2. The summed E-state index contributed by atoms with van der Waals surface area (Å²) in [4.78, 5) is 13.1. The van der Waals surface area contributed by atoms with Gasteiger partial charge >= 0.3 is 0 Å². The van der Waals surface area contributed by atoms with Crippen LogP contribution in [0.1, 0.15) is 28.7 Å². The van der Waals surface area contributed by atoms with E-state index >= 15 is 0 Å². The number of rotatable bonds is 7. The molecule has 1 aromatic carbocycles. The molecule has 0 fully saturated rings. The SMILES string of the molecule is CCCOc1ccccc1-c1cc(C(=O)N/N=C/c2cccs2)[nH]n1. The van der Waals surface area contributed by atoms with Crippen LogP contribution in [-0.4, -0.2) is 28.9 Å². The third kappa shape index (κ3) is 4.33. The maximum atomic E-state index is 12.2. The van der Waals surface area contributed by atoms with Crippen molar-refractivity contribution in [2.75, 3.05) is 6.61 Å². The van der Waals surface area contributed by atoms with Gasteiger partial charge in [-0.2, -0.15) is 10.2 Å². The molecule has 6 nitrogen and oxygen atoms in total. The van der Waals surface area contributed by atoms with Crippen LogP contribution in [-0.2, 0) is 0 Å². The molecule has 0 aliphatic rings. The van der Waals surface area contributed by atoms with Gasteiger partial charge in [0, 0.05) is 10.4 Å². The van der Waals surface area contributed by atoms with Gasteiger partial charge in [-0.15, -0.1) is 11.3 Å². The topological polar surface area (TPSA) is 79.4 Å². The highest BCUT2D eigenvalue weighted by molar-refractivity contribution is 7.11. The maximum absolute atomic E-state index is 12.2. The van der Waals surface area contributed by atoms with Gasteiger partial charge in [0.05, 0.1) is 18.5 Å². The van der Waals surface area contributed by atoms with Crippen LogP contribution in [0.15, 0.2) is 52.9 Å². The van der Waals surface area contributed by atoms with Crippen LogP contribution in [0.25, 0.3) is 11.3 Å². The van der Waals surface area contributed by atoms with Gasteiger partial charge in [-0.05, 0) is 36.1 Å². The Balaban J connectivity index is 1.71. The lowest BCUT2D eigenvalue weighted by Gasteiger charge is -2.08. The van der Waals surface area contributed by atoms with Crippen LogP contribution in [0.3, 0.4) is 0 Å². The van der Waals surface area contributed by atoms with Crippen LogP contribution >= 0.6 is 11.3 Å². The monoisotopic (exact) mass is 354 g/mol. The Morgan fingerprint density at radius 3 is 3.04 bits per heavy atom. The summed E-state index contributed by atoms with van der Waals surface area (Å²) in [5, 5.41) is 12.9. The van der Waals surface area contributed by atoms with Gasteiger partial charge in [-0.25, -0.2) is 5.43 Å². The molecule has 25 heavy (non-hydrogen) atoms. The maximum Gasteiger partial charge on any atom is 0.289 e. The Morgan fingerprint density at radius 2 is 2.24 bits per heavy atom. The van der Waals surface area contributed by atoms with E-state index in [4.69, 9.17) is 4.74 Å². The average molecular weight is 354 g/mol. The standard InChI is InChI=1S/C18H18N4O2S/c1-2-9-24-17-8-4-3-7-14(17)15-11-16(21-20-15)18(23)22-19-12-13-6-5-10-25-13/h3-8,10-12H,2,9H2,1H3,(H,20,21)(H,22,23)/b19-12+. The predicted octanol–water partition coefficient (Wildman–Crippen LogP) is 3.69. The van der Waals surface area contributed by atoms with Crippen molar-refractivity contribution in [2.24, 2.45) is 5.10 Å². The molecule has 0 aliphatic heterocycles. The van der Waals surface area contributed by atoms with Crippen molar-refractivity contribution < 1.29 is 9.53 Å². The third-order valence-electron chi connectivity index (χ3n) is 3.35. The molecule has 1 amide bonds. The average Bonchev–Trinajstić information content (AvgIpc) is 3.32. The van der Waals surface area contributed by atoms with Gasteiger partial charge in [-0.1, -0.05) is 25.1 Å². The number of aromatic nitrogens is 2. The number of benzene rings is 1. The van der Waals surface area contributed by atoms with Crippen molar-refractivity contribution in [1.29, 1.82) is 0 Å². The number of hydrogen-bond donors (Lipinski definition) is 2. The number of H-pyrrole nitrogens is 1. The lowest BCUT2D eigenvalue weighted by Crippen LogP contribution is -2.17. The molecule has 0 aliphatic carbocycles. The molecule has 128 valence electrons. The van der Waals surface area contributed by atoms with E-state index in [0.29, 0.717) is 18.0 Å². The fourth-order valence-corrected chi connectivity index (χ4v) is 2.76. The summed E-state index contributed by atoms with van der Waals surface area (Å²) >= 11 is 1.55. The second kappa shape index (κ2) is 8.25. The smallest absolute Gasteiger partial charge is 0.289 e. The van der Waals surface area contributed by atoms with E-state index in [1.165, 1.54) is 0 Å². The summed E-state index contributed by atoms with van der Waals surface area (Å²) in [5.41, 5.74) is 4.32. The molecule has 0 atom stereocenters. The molecule has 2 heterocycles. The number of para-hydroxylation sites is 1. The molecule has 0 spiro atoms. The third-order valence-corrected chi connectivity index (χ3v) is 4.16. The first-order chi connectivity index (χ1) is 12.3. The minimum Gasteiger partial charge on any atom is -0.493 e. The van der Waals surface area contributed by atoms with E-state index in [9.17, 15) is 4.79 Å². The summed E-state index contributed by atoms with van der Waals surface area (Å²) in [5.74, 6) is 0.400. The molecule has 0 unspecified atom stereocenters. The van der Waals surface area contributed by atoms with Gasteiger partial charge in [0.25, 0.3) is 5.91 Å². The van der Waals surface area contributed by atoms with Crippen LogP contribution in [0, 0.1) is 0 Å². The zero-order chi connectivity index (χ0) is 17.5. The zero-order valence-electron chi connectivity index (χ0n) is 13.7. The highest BCUT2D eigenvalue weighted by atomic mass is 32.1. The van der Waals surface area contributed by atoms with E-state index in [2.05, 4.69) is 27.6 Å². The minimum absolute atomic E-state index is 0.337. The molecule has 2 N–H and O–H groups in total. The van der Waals surface area contributed by atoms with E-state index < -0.39 is 0 Å². The van der Waals surface area contributed by atoms with Crippen molar-refractivity contribution in [1.82, 2.24) is 15.6 Å². The first-order valence-corrected chi connectivity index (χ1v) is 8.80. The minimum atomic E-state index is -0.349. The molecular weight excluding hydrogens is 336 g/mol. The van der Waals surface area contributed by atoms with E-state index in [1.54, 1.807) is 23.6 Å². The quantitative estimate of drug-likeness (QED) is 0.502. The number of amides is 1. The largest absolute Gasteiger partial charge is 0.493 e. The van der Waals surface area contributed by atoms with E-state index in [-0.39, 0.29) is 5.91 Å². The molecule has 2 aromatic heterocycles. The fourth-order valence-electron chi connectivity index (χ4n) is 2.17. The van der Waals surface area contributed by atoms with Crippen molar-refractivity contribution in [3.05, 3.63) is 58.4 Å². The van der Waals surface area contributed by atoms with Crippen molar-refractivity contribution in [3.8, 4) is 17.0 Å². The second-order valence-corrected chi connectivity index (χ2v) is 6.21. The number of hydrogen-bond acceptors (Lipinski definition) is 5. The Kier molecular flexibility index (Phi) is 5.58. The Hall–Kier alpha value is -2.93. The Morgan fingerprint density at radius 1 is 1.36 bits per heavy atom. The Labute approximate surface area is 149 Å². The molecule has 0 saturated heterocycles. The second-order valence-electron chi connectivity index (χ2n) is 5.23. The number of thiophene rings is 1. The van der Waals surface area contributed by atoms with Gasteiger partial charge in [-0.3, -0.25) is 9.89 Å². The van der Waals surface area contributed by atoms with Gasteiger partial charge in [0.1, 0.15) is 11.4 Å². The highest BCUT2D eigenvalue weighted by Gasteiger charge is 2.13. The molecular formula is C18H18N4O2S. The summed E-state index contributed by atoms with van der Waals surface area (Å²) in [6, 6.07) is 13.2. The van der Waals surface area contributed by atoms with Gasteiger partial charge < -0.3 is 4.74 Å². The number of carbonyl (C=O) groups is 1. The summed E-state index contributed by atoms with van der Waals surface area (Å²) in [6.45, 7) is 2.68. The number of hydrazone groups is 1. The molecule has 7 heteroatoms. The normalized spacial score (nSPS) is 10.9. The number of nitrogens with zero attached hydrogens (tertiary/aromatic N) is 2. The van der Waals surface area contributed by atoms with E-state index in [1.807, 2.05) is 41.8 Å². The first-order valence-electron chi connectivity index (χ1n) is 7.92. The number of ether oxygens (including phenoxy) is 1. The fraction of sp³-hybridized carbons (Fsp3) is 0.167. The zero-order valence-corrected chi connectivity index (χ0v) is 14.5. The summed E-state index contributed by atoms with van der Waals surface area (Å²) < 4.78 is 5.74. The van der Waals surface area contributed by atoms with Gasteiger partial charge in [0.15, 0.2) is 0 Å². The lowest BCUT2D eigenvalue weighted by atomic mass is 10.1. The van der Waals surface area contributed by atoms with Crippen molar-refractivity contribution in [3.63, 3.8) is 0 Å². The first kappa shape index (κ1) is 16.9. The van der Waals surface area contributed by atoms with Crippen LogP contribution < -0.4 is 10.2 Å². The molecule has 0 bridgehead atoms. The van der Waals surface area contributed by atoms with Crippen molar-refractivity contribution >= 4 is 23.5 Å². The van der Waals surface area contributed by atoms with Crippen LogP contribution in [0.2, 0.25) is 0 Å². The molecule has 3 rings (SSSR count). The van der Waals surface area contributed by atoms with E-state index in [0.717, 1.165) is 22.6 Å².